The predicted octanol–water partition coefficient (Wildman–Crippen LogP) is 2.64. The normalized spacial score (nSPS) is 23.6. The van der Waals surface area contributed by atoms with Gasteiger partial charge in [0.15, 0.2) is 34.4 Å². The monoisotopic (exact) mass is 420 g/mol. The molecule has 2 bridgehead atoms. The Morgan fingerprint density at radius 3 is 2.13 bits per heavy atom. The van der Waals surface area contributed by atoms with Crippen LogP contribution in [0.15, 0.2) is 12.1 Å². The molecule has 2 heterocycles. The second-order valence-corrected chi connectivity index (χ2v) is 7.16. The average molecular weight is 420 g/mol. The van der Waals surface area contributed by atoms with E-state index in [2.05, 4.69) is 0 Å². The molecule has 162 valence electrons. The molecule has 4 N–H and O–H groups in total. The van der Waals surface area contributed by atoms with Crippen molar-refractivity contribution >= 4 is 5.78 Å². The van der Waals surface area contributed by atoms with Crippen LogP contribution in [0.3, 0.4) is 0 Å². The SMILES string of the molecule is C.COc1cc2c(c(O)c1O)C1(C)Oc3c(O)c(OC)cc(CO)c3C(C)(O1)C2=O. The first-order valence-corrected chi connectivity index (χ1v) is 8.74. The molecule has 2 atom stereocenters. The number of ether oxygens (including phenoxy) is 4. The van der Waals surface area contributed by atoms with Crippen LogP contribution >= 0.6 is 0 Å². The number of hydrogen-bond donors (Lipinski definition) is 4. The van der Waals surface area contributed by atoms with Crippen molar-refractivity contribution in [1.29, 1.82) is 0 Å². The van der Waals surface area contributed by atoms with E-state index in [4.69, 9.17) is 18.9 Å². The molecule has 2 unspecified atom stereocenters. The molecule has 0 aromatic heterocycles. The molecule has 0 fully saturated rings. The quantitative estimate of drug-likeness (QED) is 0.553. The van der Waals surface area contributed by atoms with Gasteiger partial charge in [-0.25, -0.2) is 0 Å². The summed E-state index contributed by atoms with van der Waals surface area (Å²) in [5, 5.41) is 41.3. The maximum Gasteiger partial charge on any atom is 0.240 e. The van der Waals surface area contributed by atoms with Crippen molar-refractivity contribution in [1.82, 2.24) is 0 Å². The van der Waals surface area contributed by atoms with Crippen molar-refractivity contribution in [3.63, 3.8) is 0 Å². The molecule has 0 saturated carbocycles. The number of Topliss-reactive ketones (excluding diaryl/α,β-unsaturated/α-hetero) is 1. The van der Waals surface area contributed by atoms with E-state index in [0.29, 0.717) is 0 Å². The smallest absolute Gasteiger partial charge is 0.240 e. The highest BCUT2D eigenvalue weighted by atomic mass is 16.7. The molecule has 0 saturated heterocycles. The minimum atomic E-state index is -1.74. The van der Waals surface area contributed by atoms with E-state index < -0.39 is 35.3 Å². The lowest BCUT2D eigenvalue weighted by Gasteiger charge is -2.49. The molecule has 2 aromatic carbocycles. The maximum atomic E-state index is 13.5. The van der Waals surface area contributed by atoms with Crippen molar-refractivity contribution in [2.45, 2.75) is 39.3 Å². The fourth-order valence-electron chi connectivity index (χ4n) is 4.18. The molecule has 0 radical (unpaired) electrons. The summed E-state index contributed by atoms with van der Waals surface area (Å²) in [5.41, 5.74) is -1.31. The first-order chi connectivity index (χ1) is 13.6. The van der Waals surface area contributed by atoms with E-state index >= 15 is 0 Å². The van der Waals surface area contributed by atoms with E-state index in [1.807, 2.05) is 0 Å². The summed E-state index contributed by atoms with van der Waals surface area (Å²) in [6, 6.07) is 2.69. The standard InChI is InChI=1S/C20H20O9.CH4/c1-19-12-8(7-21)5-10(26-3)15(23)17(12)28-20(2,29-19)13-9(18(19)25)6-11(27-4)14(22)16(13)24;/h5-6,21-24H,7H2,1-4H3;1H4. The Bertz CT molecular complexity index is 1060. The molecular formula is C21H24O9. The fourth-order valence-corrected chi connectivity index (χ4v) is 4.18. The molecule has 0 spiro atoms. The molecule has 2 aliphatic rings. The summed E-state index contributed by atoms with van der Waals surface area (Å²) in [4.78, 5) is 13.5. The van der Waals surface area contributed by atoms with Gasteiger partial charge >= 0.3 is 0 Å². The topological polar surface area (TPSA) is 135 Å². The second-order valence-electron chi connectivity index (χ2n) is 7.16. The van der Waals surface area contributed by atoms with Gasteiger partial charge in [0.25, 0.3) is 0 Å². The van der Waals surface area contributed by atoms with Crippen LogP contribution in [0, 0.1) is 0 Å². The van der Waals surface area contributed by atoms with Crippen LogP contribution in [-0.4, -0.2) is 40.4 Å². The van der Waals surface area contributed by atoms with Gasteiger partial charge in [0.1, 0.15) is 0 Å². The third-order valence-electron chi connectivity index (χ3n) is 5.46. The third kappa shape index (κ3) is 2.45. The van der Waals surface area contributed by atoms with Gasteiger partial charge in [-0.15, -0.1) is 0 Å². The van der Waals surface area contributed by atoms with Crippen LogP contribution < -0.4 is 14.2 Å². The van der Waals surface area contributed by atoms with E-state index in [-0.39, 0.29) is 52.7 Å². The Labute approximate surface area is 173 Å². The lowest BCUT2D eigenvalue weighted by atomic mass is 9.76. The summed E-state index contributed by atoms with van der Waals surface area (Å²) < 4.78 is 22.1. The highest BCUT2D eigenvalue weighted by Gasteiger charge is 2.59. The van der Waals surface area contributed by atoms with Crippen LogP contribution in [-0.2, 0) is 22.7 Å². The number of phenols is 3. The Balaban J connectivity index is 0.00000256. The van der Waals surface area contributed by atoms with Crippen LogP contribution in [0.5, 0.6) is 34.5 Å². The van der Waals surface area contributed by atoms with Crippen LogP contribution in [0.25, 0.3) is 0 Å². The molecule has 30 heavy (non-hydrogen) atoms. The number of methoxy groups -OCH3 is 2. The van der Waals surface area contributed by atoms with Crippen molar-refractivity contribution in [3.8, 4) is 34.5 Å². The average Bonchev–Trinajstić information content (AvgIpc) is 2.69. The summed E-state index contributed by atoms with van der Waals surface area (Å²) in [6.07, 6.45) is 0. The van der Waals surface area contributed by atoms with Gasteiger partial charge in [0.2, 0.25) is 17.3 Å². The highest BCUT2D eigenvalue weighted by molar-refractivity contribution is 6.07. The number of carbonyl (C=O) groups is 1. The number of phenolic OH excluding ortho intramolecular Hbond substituents is 3. The maximum absolute atomic E-state index is 13.5. The number of ketones is 1. The van der Waals surface area contributed by atoms with Crippen molar-refractivity contribution in [2.24, 2.45) is 0 Å². The fraction of sp³-hybridized carbons (Fsp3) is 0.381. The van der Waals surface area contributed by atoms with E-state index in [1.165, 1.54) is 40.2 Å². The van der Waals surface area contributed by atoms with Crippen LogP contribution in [0.2, 0.25) is 0 Å². The van der Waals surface area contributed by atoms with Gasteiger partial charge in [0.05, 0.1) is 26.4 Å². The zero-order valence-corrected chi connectivity index (χ0v) is 16.2. The number of fused-ring (bicyclic) bond motifs is 6. The lowest BCUT2D eigenvalue weighted by molar-refractivity contribution is -0.255. The summed E-state index contributed by atoms with van der Waals surface area (Å²) in [6.45, 7) is 2.46. The minimum absolute atomic E-state index is 0. The Morgan fingerprint density at radius 1 is 0.967 bits per heavy atom. The van der Waals surface area contributed by atoms with Crippen molar-refractivity contribution < 1.29 is 44.2 Å². The number of carbonyl (C=O) groups excluding carboxylic acids is 1. The number of rotatable bonds is 3. The minimum Gasteiger partial charge on any atom is -0.504 e. The first kappa shape index (κ1) is 21.5. The largest absolute Gasteiger partial charge is 0.504 e. The van der Waals surface area contributed by atoms with Crippen LogP contribution in [0.1, 0.15) is 48.3 Å². The van der Waals surface area contributed by atoms with Gasteiger partial charge < -0.3 is 39.4 Å². The number of benzene rings is 2. The Morgan fingerprint density at radius 2 is 1.57 bits per heavy atom. The van der Waals surface area contributed by atoms with Crippen LogP contribution in [0.4, 0.5) is 0 Å². The molecule has 0 amide bonds. The van der Waals surface area contributed by atoms with E-state index in [1.54, 1.807) is 0 Å². The molecule has 9 nitrogen and oxygen atoms in total. The Kier molecular flexibility index (Phi) is 4.79. The van der Waals surface area contributed by atoms with Gasteiger partial charge in [-0.05, 0) is 24.6 Å². The van der Waals surface area contributed by atoms with Gasteiger partial charge in [0, 0.05) is 18.1 Å². The first-order valence-electron chi connectivity index (χ1n) is 8.74. The molecule has 2 aliphatic heterocycles. The third-order valence-corrected chi connectivity index (χ3v) is 5.46. The second kappa shape index (κ2) is 6.68. The summed E-state index contributed by atoms with van der Waals surface area (Å²) >= 11 is 0. The molecular weight excluding hydrogens is 396 g/mol. The Hall–Kier alpha value is -3.17. The molecule has 4 rings (SSSR count). The van der Waals surface area contributed by atoms with Crippen molar-refractivity contribution in [2.75, 3.05) is 14.2 Å². The molecule has 0 aliphatic carbocycles. The summed E-state index contributed by atoms with van der Waals surface area (Å²) in [7, 11) is 2.62. The van der Waals surface area contributed by atoms with Gasteiger partial charge in [-0.2, -0.15) is 0 Å². The number of aliphatic hydroxyl groups excluding tert-OH is 1. The summed E-state index contributed by atoms with van der Waals surface area (Å²) in [5.74, 6) is -4.07. The highest BCUT2D eigenvalue weighted by Crippen LogP contribution is 2.60. The molecule has 9 heteroatoms. The van der Waals surface area contributed by atoms with E-state index in [9.17, 15) is 25.2 Å². The predicted molar refractivity (Wildman–Crippen MR) is 104 cm³/mol. The zero-order chi connectivity index (χ0) is 21.3. The number of aromatic hydroxyl groups is 3. The number of aliphatic hydroxyl groups is 1. The van der Waals surface area contributed by atoms with Crippen molar-refractivity contribution in [3.05, 3.63) is 34.4 Å². The van der Waals surface area contributed by atoms with Gasteiger partial charge in [-0.3, -0.25) is 4.79 Å². The lowest BCUT2D eigenvalue weighted by Crippen LogP contribution is -2.55. The molecule has 2 aromatic rings. The van der Waals surface area contributed by atoms with E-state index in [0.717, 1.165) is 0 Å². The van der Waals surface area contributed by atoms with Gasteiger partial charge in [-0.1, -0.05) is 7.43 Å². The zero-order valence-electron chi connectivity index (χ0n) is 16.2. The number of hydrogen-bond acceptors (Lipinski definition) is 9.